The molecule has 0 aliphatic rings. The Morgan fingerprint density at radius 2 is 1.95 bits per heavy atom. The lowest BCUT2D eigenvalue weighted by atomic mass is 10.2. The third-order valence-electron chi connectivity index (χ3n) is 3.26. The molecule has 0 radical (unpaired) electrons. The van der Waals surface area contributed by atoms with Crippen LogP contribution in [0.2, 0.25) is 0 Å². The van der Waals surface area contributed by atoms with Gasteiger partial charge >= 0.3 is 0 Å². The molecule has 1 heterocycles. The SMILES string of the molecule is COC(CNC(=O)C(C)Nc1ncnc2ccccc12)OC. The Kier molecular flexibility index (Phi) is 5.62. The van der Waals surface area contributed by atoms with Crippen LogP contribution >= 0.6 is 0 Å². The summed E-state index contributed by atoms with van der Waals surface area (Å²) in [7, 11) is 3.05. The number of nitrogens with one attached hydrogen (secondary N) is 2. The summed E-state index contributed by atoms with van der Waals surface area (Å²) in [4.78, 5) is 20.5. The Morgan fingerprint density at radius 3 is 2.68 bits per heavy atom. The van der Waals surface area contributed by atoms with Crippen LogP contribution in [0.5, 0.6) is 0 Å². The molecule has 7 nitrogen and oxygen atoms in total. The van der Waals surface area contributed by atoms with Gasteiger partial charge in [0.1, 0.15) is 18.2 Å². The Bertz CT molecular complexity index is 626. The number of amides is 1. The van der Waals surface area contributed by atoms with Gasteiger partial charge in [-0.05, 0) is 19.1 Å². The minimum atomic E-state index is -0.462. The number of methoxy groups -OCH3 is 2. The summed E-state index contributed by atoms with van der Waals surface area (Å²) >= 11 is 0. The molecule has 1 atom stereocenters. The van der Waals surface area contributed by atoms with Crippen LogP contribution in [0, 0.1) is 0 Å². The van der Waals surface area contributed by atoms with E-state index in [4.69, 9.17) is 9.47 Å². The number of fused-ring (bicyclic) bond motifs is 1. The van der Waals surface area contributed by atoms with Gasteiger partial charge in [-0.3, -0.25) is 4.79 Å². The Morgan fingerprint density at radius 1 is 1.23 bits per heavy atom. The van der Waals surface area contributed by atoms with E-state index in [2.05, 4.69) is 20.6 Å². The van der Waals surface area contributed by atoms with Crippen molar-refractivity contribution in [2.75, 3.05) is 26.1 Å². The highest BCUT2D eigenvalue weighted by Crippen LogP contribution is 2.18. The van der Waals surface area contributed by atoms with Crippen LogP contribution in [0.25, 0.3) is 10.9 Å². The van der Waals surface area contributed by atoms with E-state index in [-0.39, 0.29) is 12.5 Å². The topological polar surface area (TPSA) is 85.4 Å². The van der Waals surface area contributed by atoms with Crippen LogP contribution < -0.4 is 10.6 Å². The molecule has 0 aliphatic heterocycles. The Balaban J connectivity index is 2.01. The van der Waals surface area contributed by atoms with Crippen molar-refractivity contribution in [3.05, 3.63) is 30.6 Å². The highest BCUT2D eigenvalue weighted by molar-refractivity contribution is 5.91. The molecule has 1 unspecified atom stereocenters. The third kappa shape index (κ3) is 3.90. The van der Waals surface area contributed by atoms with Crippen molar-refractivity contribution in [1.82, 2.24) is 15.3 Å². The van der Waals surface area contributed by atoms with E-state index in [0.29, 0.717) is 5.82 Å². The van der Waals surface area contributed by atoms with Crippen LogP contribution in [-0.2, 0) is 14.3 Å². The fourth-order valence-electron chi connectivity index (χ4n) is 1.99. The van der Waals surface area contributed by atoms with Crippen LogP contribution in [0.3, 0.4) is 0 Å². The number of hydrogen-bond acceptors (Lipinski definition) is 6. The first-order valence-electron chi connectivity index (χ1n) is 6.95. The summed E-state index contributed by atoms with van der Waals surface area (Å²) in [5.74, 6) is 0.463. The first-order chi connectivity index (χ1) is 10.7. The van der Waals surface area contributed by atoms with Crippen LogP contribution in [0.1, 0.15) is 6.92 Å². The van der Waals surface area contributed by atoms with Gasteiger partial charge in [0.05, 0.1) is 12.1 Å². The lowest BCUT2D eigenvalue weighted by Crippen LogP contribution is -2.42. The first-order valence-corrected chi connectivity index (χ1v) is 6.95. The molecule has 7 heteroatoms. The molecule has 0 saturated heterocycles. The van der Waals surface area contributed by atoms with E-state index >= 15 is 0 Å². The highest BCUT2D eigenvalue weighted by Gasteiger charge is 2.16. The van der Waals surface area contributed by atoms with Gasteiger partial charge in [0.25, 0.3) is 0 Å². The molecule has 2 aromatic rings. The number of carbonyl (C=O) groups excluding carboxylic acids is 1. The second-order valence-electron chi connectivity index (χ2n) is 4.75. The van der Waals surface area contributed by atoms with Gasteiger partial charge in [0.2, 0.25) is 5.91 Å². The van der Waals surface area contributed by atoms with Crippen molar-refractivity contribution in [2.45, 2.75) is 19.3 Å². The van der Waals surface area contributed by atoms with Crippen molar-refractivity contribution >= 4 is 22.6 Å². The molecule has 1 amide bonds. The summed E-state index contributed by atoms with van der Waals surface area (Å²) in [6.07, 6.45) is 1.01. The second-order valence-corrected chi connectivity index (χ2v) is 4.75. The molecule has 0 bridgehead atoms. The smallest absolute Gasteiger partial charge is 0.242 e. The van der Waals surface area contributed by atoms with Gasteiger partial charge in [-0.25, -0.2) is 9.97 Å². The molecule has 0 spiro atoms. The van der Waals surface area contributed by atoms with Gasteiger partial charge in [0, 0.05) is 19.6 Å². The van der Waals surface area contributed by atoms with Gasteiger partial charge < -0.3 is 20.1 Å². The number of rotatable bonds is 7. The van der Waals surface area contributed by atoms with E-state index in [1.807, 2.05) is 24.3 Å². The van der Waals surface area contributed by atoms with Crippen LogP contribution in [0.4, 0.5) is 5.82 Å². The van der Waals surface area contributed by atoms with Crippen molar-refractivity contribution in [3.63, 3.8) is 0 Å². The minimum absolute atomic E-state index is 0.165. The van der Waals surface area contributed by atoms with Gasteiger partial charge in [-0.1, -0.05) is 12.1 Å². The van der Waals surface area contributed by atoms with Crippen molar-refractivity contribution in [3.8, 4) is 0 Å². The fraction of sp³-hybridized carbons (Fsp3) is 0.400. The quantitative estimate of drug-likeness (QED) is 0.747. The molecule has 22 heavy (non-hydrogen) atoms. The summed E-state index contributed by atoms with van der Waals surface area (Å²) in [6.45, 7) is 2.04. The molecule has 1 aromatic carbocycles. The average molecular weight is 304 g/mol. The maximum Gasteiger partial charge on any atom is 0.242 e. The van der Waals surface area contributed by atoms with E-state index in [9.17, 15) is 4.79 Å². The second kappa shape index (κ2) is 7.67. The number of carbonyl (C=O) groups is 1. The normalized spacial score (nSPS) is 12.4. The monoisotopic (exact) mass is 304 g/mol. The summed E-state index contributed by atoms with van der Waals surface area (Å²) in [5, 5.41) is 6.73. The number of anilines is 1. The third-order valence-corrected chi connectivity index (χ3v) is 3.26. The number of hydrogen-bond donors (Lipinski definition) is 2. The molecule has 0 aliphatic carbocycles. The van der Waals surface area contributed by atoms with Crippen LogP contribution in [-0.4, -0.2) is 49.0 Å². The zero-order valence-electron chi connectivity index (χ0n) is 12.9. The standard InChI is InChI=1S/C15H20N4O3/c1-10(15(20)16-8-13(21-2)22-3)19-14-11-6-4-5-7-12(11)17-9-18-14/h4-7,9-10,13H,8H2,1-3H3,(H,16,20)(H,17,18,19). The maximum atomic E-state index is 12.1. The summed E-state index contributed by atoms with van der Waals surface area (Å²) < 4.78 is 10.1. The number of aromatic nitrogens is 2. The van der Waals surface area contributed by atoms with Gasteiger partial charge in [0.15, 0.2) is 6.29 Å². The van der Waals surface area contributed by atoms with Crippen molar-refractivity contribution in [2.24, 2.45) is 0 Å². The Hall–Kier alpha value is -2.25. The minimum Gasteiger partial charge on any atom is -0.358 e. The zero-order chi connectivity index (χ0) is 15.9. The highest BCUT2D eigenvalue weighted by atomic mass is 16.7. The number of nitrogens with zero attached hydrogens (tertiary/aromatic N) is 2. The van der Waals surface area contributed by atoms with E-state index < -0.39 is 12.3 Å². The molecule has 118 valence electrons. The number of benzene rings is 1. The summed E-state index contributed by atoms with van der Waals surface area (Å²) in [5.41, 5.74) is 0.825. The van der Waals surface area contributed by atoms with E-state index in [0.717, 1.165) is 10.9 Å². The molecular weight excluding hydrogens is 284 g/mol. The van der Waals surface area contributed by atoms with Gasteiger partial charge in [-0.2, -0.15) is 0 Å². The molecule has 2 N–H and O–H groups in total. The largest absolute Gasteiger partial charge is 0.358 e. The predicted molar refractivity (Wildman–Crippen MR) is 83.4 cm³/mol. The van der Waals surface area contributed by atoms with Crippen molar-refractivity contribution < 1.29 is 14.3 Å². The zero-order valence-corrected chi connectivity index (χ0v) is 12.9. The van der Waals surface area contributed by atoms with E-state index in [1.54, 1.807) is 6.92 Å². The molecule has 0 saturated carbocycles. The maximum absolute atomic E-state index is 12.1. The van der Waals surface area contributed by atoms with E-state index in [1.165, 1.54) is 20.5 Å². The fourth-order valence-corrected chi connectivity index (χ4v) is 1.99. The average Bonchev–Trinajstić information content (AvgIpc) is 2.56. The number of para-hydroxylation sites is 1. The lowest BCUT2D eigenvalue weighted by Gasteiger charge is -2.18. The van der Waals surface area contributed by atoms with Crippen LogP contribution in [0.15, 0.2) is 30.6 Å². The Labute approximate surface area is 129 Å². The first kappa shape index (κ1) is 16.1. The predicted octanol–water partition coefficient (Wildman–Crippen LogP) is 1.17. The summed E-state index contributed by atoms with van der Waals surface area (Å²) in [6, 6.07) is 7.17. The molecular formula is C15H20N4O3. The molecule has 1 aromatic heterocycles. The lowest BCUT2D eigenvalue weighted by molar-refractivity contribution is -0.127. The number of ether oxygens (including phenoxy) is 2. The van der Waals surface area contributed by atoms with Gasteiger partial charge in [-0.15, -0.1) is 0 Å². The molecule has 0 fully saturated rings. The molecule has 2 rings (SSSR count). The van der Waals surface area contributed by atoms with Crippen molar-refractivity contribution in [1.29, 1.82) is 0 Å².